The van der Waals surface area contributed by atoms with Gasteiger partial charge < -0.3 is 5.11 Å². The second-order valence-electron chi connectivity index (χ2n) is 2.98. The minimum atomic E-state index is -2.53. The molecule has 0 aromatic carbocycles. The molecule has 0 aromatic heterocycles. The SMILES string of the molecule is CC1CN([SH](=O)=O)CC1(O)P. The maximum absolute atomic E-state index is 10.5. The highest BCUT2D eigenvalue weighted by Crippen LogP contribution is 2.32. The quantitative estimate of drug-likeness (QED) is 0.420. The van der Waals surface area contributed by atoms with Gasteiger partial charge in [0.1, 0.15) is 0 Å². The van der Waals surface area contributed by atoms with Crippen LogP contribution in [-0.4, -0.2) is 36.3 Å². The standard InChI is InChI=1S/C5H12NO3PS/c1-4-2-6(11(8)9)3-5(4,7)10/h4,7,11H,2-3,10H2,1H3. The van der Waals surface area contributed by atoms with E-state index >= 15 is 0 Å². The van der Waals surface area contributed by atoms with Crippen molar-refractivity contribution in [3.63, 3.8) is 0 Å². The van der Waals surface area contributed by atoms with Crippen molar-refractivity contribution in [2.24, 2.45) is 5.92 Å². The van der Waals surface area contributed by atoms with E-state index in [0.717, 1.165) is 0 Å². The zero-order chi connectivity index (χ0) is 8.65. The van der Waals surface area contributed by atoms with Gasteiger partial charge in [0.15, 0.2) is 0 Å². The van der Waals surface area contributed by atoms with Crippen molar-refractivity contribution in [2.75, 3.05) is 13.1 Å². The lowest BCUT2D eigenvalue weighted by molar-refractivity contribution is 0.115. The van der Waals surface area contributed by atoms with Crippen molar-refractivity contribution in [1.82, 2.24) is 4.31 Å². The fraction of sp³-hybridized carbons (Fsp3) is 1.00. The molecule has 1 aliphatic rings. The molecular formula is C5H12NO3PS. The third-order valence-corrected chi connectivity index (χ3v) is 3.52. The monoisotopic (exact) mass is 197 g/mol. The van der Waals surface area contributed by atoms with E-state index in [4.69, 9.17) is 0 Å². The Hall–Kier alpha value is 0.300. The average molecular weight is 197 g/mol. The van der Waals surface area contributed by atoms with Crippen LogP contribution in [-0.2, 0) is 10.9 Å². The first kappa shape index (κ1) is 9.39. The summed E-state index contributed by atoms with van der Waals surface area (Å²) in [6, 6.07) is 0. The van der Waals surface area contributed by atoms with E-state index in [1.54, 1.807) is 0 Å². The van der Waals surface area contributed by atoms with Crippen LogP contribution < -0.4 is 0 Å². The van der Waals surface area contributed by atoms with Gasteiger partial charge in [-0.1, -0.05) is 6.92 Å². The summed E-state index contributed by atoms with van der Waals surface area (Å²) in [4.78, 5) is 0. The van der Waals surface area contributed by atoms with Crippen LogP contribution in [0.15, 0.2) is 0 Å². The zero-order valence-corrected chi connectivity index (χ0v) is 8.28. The summed E-state index contributed by atoms with van der Waals surface area (Å²) in [7, 11) is -0.241. The average Bonchev–Trinajstić information content (AvgIpc) is 2.08. The number of hydrogen-bond donors (Lipinski definition) is 2. The van der Waals surface area contributed by atoms with Crippen LogP contribution >= 0.6 is 9.24 Å². The van der Waals surface area contributed by atoms with E-state index < -0.39 is 16.2 Å². The number of nitrogens with zero attached hydrogens (tertiary/aromatic N) is 1. The number of aliphatic hydroxyl groups is 1. The van der Waals surface area contributed by atoms with Crippen molar-refractivity contribution in [1.29, 1.82) is 0 Å². The van der Waals surface area contributed by atoms with E-state index in [9.17, 15) is 13.5 Å². The van der Waals surface area contributed by atoms with Crippen molar-refractivity contribution in [3.8, 4) is 0 Å². The predicted molar refractivity (Wildman–Crippen MR) is 45.7 cm³/mol. The van der Waals surface area contributed by atoms with Crippen molar-refractivity contribution in [2.45, 2.75) is 12.3 Å². The first-order chi connectivity index (χ1) is 4.93. The Bertz CT molecular complexity index is 220. The van der Waals surface area contributed by atoms with Crippen molar-refractivity contribution in [3.05, 3.63) is 0 Å². The lowest BCUT2D eigenvalue weighted by atomic mass is 10.1. The summed E-state index contributed by atoms with van der Waals surface area (Å²) < 4.78 is 22.2. The van der Waals surface area contributed by atoms with Crippen molar-refractivity contribution < 1.29 is 13.5 Å². The fourth-order valence-corrected chi connectivity index (χ4v) is 2.31. The molecule has 0 radical (unpaired) electrons. The molecule has 0 saturated carbocycles. The molecule has 1 saturated heterocycles. The van der Waals surface area contributed by atoms with Crippen LogP contribution in [0.3, 0.4) is 0 Å². The van der Waals surface area contributed by atoms with Gasteiger partial charge in [-0.25, -0.2) is 12.7 Å². The summed E-state index contributed by atoms with van der Waals surface area (Å²) in [6.45, 7) is 2.43. The van der Waals surface area contributed by atoms with E-state index in [0.29, 0.717) is 6.54 Å². The van der Waals surface area contributed by atoms with E-state index in [1.165, 1.54) is 4.31 Å². The summed E-state index contributed by atoms with van der Waals surface area (Å²) >= 11 is 0. The topological polar surface area (TPSA) is 57.6 Å². The highest BCUT2D eigenvalue weighted by Gasteiger charge is 2.39. The Morgan fingerprint density at radius 2 is 2.27 bits per heavy atom. The Labute approximate surface area is 69.9 Å². The lowest BCUT2D eigenvalue weighted by Gasteiger charge is -2.19. The molecule has 0 aromatic rings. The molecule has 6 heteroatoms. The highest BCUT2D eigenvalue weighted by molar-refractivity contribution is 7.69. The summed E-state index contributed by atoms with van der Waals surface area (Å²) in [6.07, 6.45) is 0. The minimum absolute atomic E-state index is 0.0135. The van der Waals surface area contributed by atoms with Crippen molar-refractivity contribution >= 4 is 20.1 Å². The largest absolute Gasteiger partial charge is 0.384 e. The normalized spacial score (nSPS) is 40.2. The molecule has 66 valence electrons. The van der Waals surface area contributed by atoms with Gasteiger partial charge in [0.05, 0.1) is 5.34 Å². The van der Waals surface area contributed by atoms with Crippen LogP contribution in [0.1, 0.15) is 6.92 Å². The van der Waals surface area contributed by atoms with Gasteiger partial charge in [0, 0.05) is 19.0 Å². The van der Waals surface area contributed by atoms with Gasteiger partial charge in [0.25, 0.3) is 0 Å². The van der Waals surface area contributed by atoms with E-state index in [1.807, 2.05) is 6.92 Å². The molecule has 1 fully saturated rings. The minimum Gasteiger partial charge on any atom is -0.384 e. The van der Waals surface area contributed by atoms with Crippen LogP contribution in [0.2, 0.25) is 0 Å². The second kappa shape index (κ2) is 2.98. The second-order valence-corrected chi connectivity index (χ2v) is 5.02. The molecule has 1 N–H and O–H groups in total. The third kappa shape index (κ3) is 1.90. The fourth-order valence-electron chi connectivity index (χ4n) is 1.11. The molecule has 0 aliphatic carbocycles. The molecule has 3 unspecified atom stereocenters. The number of rotatable bonds is 1. The first-order valence-electron chi connectivity index (χ1n) is 3.34. The van der Waals surface area contributed by atoms with Gasteiger partial charge in [-0.15, -0.1) is 9.24 Å². The Morgan fingerprint density at radius 3 is 2.45 bits per heavy atom. The molecule has 1 rings (SSSR count). The molecule has 0 spiro atoms. The van der Waals surface area contributed by atoms with E-state index in [-0.39, 0.29) is 12.5 Å². The summed E-state index contributed by atoms with van der Waals surface area (Å²) in [5.74, 6) is -0.0135. The Balaban J connectivity index is 2.72. The maximum atomic E-state index is 10.5. The van der Waals surface area contributed by atoms with Gasteiger partial charge in [0.2, 0.25) is 10.9 Å². The molecule has 1 heterocycles. The van der Waals surface area contributed by atoms with Crippen LogP contribution in [0.5, 0.6) is 0 Å². The third-order valence-electron chi connectivity index (χ3n) is 2.00. The molecule has 0 amide bonds. The Kier molecular flexibility index (Phi) is 2.54. The number of β-amino-alcohol motifs (C(OH)–C–C–N with tert-alkyl or cyclic N) is 1. The molecule has 3 atom stereocenters. The smallest absolute Gasteiger partial charge is 0.204 e. The molecule has 1 aliphatic heterocycles. The van der Waals surface area contributed by atoms with Crippen LogP contribution in [0, 0.1) is 5.92 Å². The van der Waals surface area contributed by atoms with E-state index in [2.05, 4.69) is 9.24 Å². The van der Waals surface area contributed by atoms with Crippen LogP contribution in [0.25, 0.3) is 0 Å². The highest BCUT2D eigenvalue weighted by atomic mass is 32.2. The predicted octanol–water partition coefficient (Wildman–Crippen LogP) is -0.972. The van der Waals surface area contributed by atoms with Crippen LogP contribution in [0.4, 0.5) is 0 Å². The number of thiol groups is 1. The van der Waals surface area contributed by atoms with Gasteiger partial charge >= 0.3 is 0 Å². The molecule has 0 bridgehead atoms. The first-order valence-corrected chi connectivity index (χ1v) is 5.05. The maximum Gasteiger partial charge on any atom is 0.204 e. The lowest BCUT2D eigenvalue weighted by Crippen LogP contribution is -2.29. The molecular weight excluding hydrogens is 185 g/mol. The molecule has 4 nitrogen and oxygen atoms in total. The van der Waals surface area contributed by atoms with Gasteiger partial charge in [-0.3, -0.25) is 0 Å². The Morgan fingerprint density at radius 1 is 1.73 bits per heavy atom. The van der Waals surface area contributed by atoms with Gasteiger partial charge in [-0.05, 0) is 0 Å². The summed E-state index contributed by atoms with van der Waals surface area (Å²) in [5, 5.41) is 8.60. The van der Waals surface area contributed by atoms with Gasteiger partial charge in [-0.2, -0.15) is 0 Å². The molecule has 11 heavy (non-hydrogen) atoms. The zero-order valence-electron chi connectivity index (χ0n) is 6.23. The number of hydrogen-bond acceptors (Lipinski definition) is 3. The summed E-state index contributed by atoms with van der Waals surface area (Å²) in [5.41, 5.74) is 0.